The van der Waals surface area contributed by atoms with Gasteiger partial charge in [0.2, 0.25) is 21.8 Å². The fourth-order valence-electron chi connectivity index (χ4n) is 5.75. The quantitative estimate of drug-likeness (QED) is 0.127. The van der Waals surface area contributed by atoms with E-state index in [1.54, 1.807) is 45.9 Å². The molecule has 4 heterocycles. The summed E-state index contributed by atoms with van der Waals surface area (Å²) in [6, 6.07) is 11.2. The van der Waals surface area contributed by atoms with Crippen LogP contribution >= 0.6 is 11.6 Å². The number of furan rings is 1. The molecule has 0 spiro atoms. The van der Waals surface area contributed by atoms with Crippen molar-refractivity contribution in [2.24, 2.45) is 0 Å². The number of para-hydroxylation sites is 1. The minimum Gasteiger partial charge on any atom is -0.494 e. The average Bonchev–Trinajstić information content (AvgIpc) is 3.77. The summed E-state index contributed by atoms with van der Waals surface area (Å²) in [5.74, 6) is 1.32. The van der Waals surface area contributed by atoms with Gasteiger partial charge >= 0.3 is 6.09 Å². The first-order valence-electron chi connectivity index (χ1n) is 17.0. The number of hydrogen-bond acceptors (Lipinski definition) is 10. The zero-order valence-corrected chi connectivity index (χ0v) is 33.5. The van der Waals surface area contributed by atoms with Gasteiger partial charge in [-0.1, -0.05) is 43.4 Å². The highest BCUT2D eigenvalue weighted by atomic mass is 35.5. The van der Waals surface area contributed by atoms with E-state index in [2.05, 4.69) is 34.8 Å². The van der Waals surface area contributed by atoms with E-state index in [1.165, 1.54) is 31.0 Å². The number of sulfonamides is 1. The number of aryl methyl sites for hydroxylation is 1. The van der Waals surface area contributed by atoms with Gasteiger partial charge in [-0.3, -0.25) is 9.55 Å². The molecule has 5 rings (SSSR count). The largest absolute Gasteiger partial charge is 0.494 e. The van der Waals surface area contributed by atoms with Crippen LogP contribution in [0, 0.1) is 0 Å². The van der Waals surface area contributed by atoms with Gasteiger partial charge in [0.1, 0.15) is 22.8 Å². The van der Waals surface area contributed by atoms with Crippen LogP contribution in [0.5, 0.6) is 11.5 Å². The van der Waals surface area contributed by atoms with Gasteiger partial charge in [-0.2, -0.15) is 0 Å². The summed E-state index contributed by atoms with van der Waals surface area (Å²) in [5, 5.41) is 9.36. The normalized spacial score (nSPS) is 13.9. The third-order valence-corrected chi connectivity index (χ3v) is 12.0. The zero-order valence-electron chi connectivity index (χ0n) is 31.0. The van der Waals surface area contributed by atoms with E-state index in [9.17, 15) is 13.2 Å². The van der Waals surface area contributed by atoms with E-state index in [0.717, 1.165) is 11.1 Å². The fourth-order valence-corrected chi connectivity index (χ4v) is 8.37. The molecule has 0 N–H and O–H groups in total. The lowest BCUT2D eigenvalue weighted by Gasteiger charge is -2.30. The molecule has 0 fully saturated rings. The number of pyridine rings is 1. The highest BCUT2D eigenvalue weighted by molar-refractivity contribution is 7.92. The molecule has 16 heteroatoms. The molecule has 1 aliphatic heterocycles. The van der Waals surface area contributed by atoms with Crippen LogP contribution in [0.3, 0.4) is 0 Å². The number of methoxy groups -OCH3 is 2. The zero-order chi connectivity index (χ0) is 37.8. The molecule has 4 aromatic rings. The van der Waals surface area contributed by atoms with Crippen molar-refractivity contribution in [1.29, 1.82) is 0 Å². The molecule has 0 bridgehead atoms. The lowest BCUT2D eigenvalue weighted by atomic mass is 9.97. The van der Waals surface area contributed by atoms with Crippen LogP contribution in [0.4, 0.5) is 10.7 Å². The first-order chi connectivity index (χ1) is 24.5. The summed E-state index contributed by atoms with van der Waals surface area (Å²) in [4.78, 5) is 18.9. The Morgan fingerprint density at radius 2 is 1.79 bits per heavy atom. The highest BCUT2D eigenvalue weighted by Crippen LogP contribution is 2.39. The van der Waals surface area contributed by atoms with Crippen molar-refractivity contribution in [3.63, 3.8) is 0 Å². The van der Waals surface area contributed by atoms with Crippen molar-refractivity contribution in [2.75, 3.05) is 43.9 Å². The Morgan fingerprint density at radius 3 is 2.37 bits per heavy atom. The van der Waals surface area contributed by atoms with E-state index in [-0.39, 0.29) is 36.6 Å². The van der Waals surface area contributed by atoms with Crippen LogP contribution in [-0.2, 0) is 21.2 Å². The SMILES string of the molecule is COc1cccc(OC)c1-n1c(-c2ccco2)nnc1N(CC[Si](C)(C)C)S(=O)(=O)CCc1ncc(Cl)cc1C1=CCN(C(=O)OC(C)(C)C)CC1. The fraction of sp³-hybridized carbons (Fsp3) is 0.444. The Labute approximate surface area is 311 Å². The molecule has 0 unspecified atom stereocenters. The van der Waals surface area contributed by atoms with Gasteiger partial charge in [-0.05, 0) is 69.1 Å². The Kier molecular flexibility index (Phi) is 11.8. The third kappa shape index (κ3) is 9.17. The van der Waals surface area contributed by atoms with Crippen LogP contribution in [0.25, 0.3) is 22.8 Å². The van der Waals surface area contributed by atoms with Gasteiger partial charge < -0.3 is 23.5 Å². The first kappa shape index (κ1) is 38.9. The number of anilines is 1. The molecule has 1 aliphatic rings. The molecule has 3 aromatic heterocycles. The summed E-state index contributed by atoms with van der Waals surface area (Å²) < 4.78 is 55.0. The monoisotopic (exact) mass is 770 g/mol. The molecule has 1 aromatic carbocycles. The van der Waals surface area contributed by atoms with E-state index < -0.39 is 23.7 Å². The van der Waals surface area contributed by atoms with E-state index in [0.29, 0.717) is 59.2 Å². The van der Waals surface area contributed by atoms with Gasteiger partial charge in [0.15, 0.2) is 5.76 Å². The topological polar surface area (TPSA) is 142 Å². The predicted molar refractivity (Wildman–Crippen MR) is 205 cm³/mol. The molecule has 0 atom stereocenters. The van der Waals surface area contributed by atoms with Crippen LogP contribution < -0.4 is 13.8 Å². The molecule has 280 valence electrons. The van der Waals surface area contributed by atoms with Crippen molar-refractivity contribution in [3.05, 3.63) is 71.2 Å². The number of halogens is 1. The Balaban J connectivity index is 1.53. The summed E-state index contributed by atoms with van der Waals surface area (Å²) in [6.07, 6.45) is 5.22. The molecular formula is C36H47ClN6O7SSi. The molecular weight excluding hydrogens is 724 g/mol. The molecule has 0 radical (unpaired) electrons. The summed E-state index contributed by atoms with van der Waals surface area (Å²) in [7, 11) is -2.76. The number of carbonyl (C=O) groups excluding carboxylic acids is 1. The lowest BCUT2D eigenvalue weighted by Crippen LogP contribution is -2.39. The first-order valence-corrected chi connectivity index (χ1v) is 22.7. The van der Waals surface area contributed by atoms with Gasteiger partial charge in [0, 0.05) is 51.6 Å². The second kappa shape index (κ2) is 15.7. The second-order valence-corrected chi connectivity index (χ2v) is 22.7. The molecule has 1 amide bonds. The number of nitrogens with zero attached hydrogens (tertiary/aromatic N) is 6. The van der Waals surface area contributed by atoms with Crippen LogP contribution in [0.2, 0.25) is 30.7 Å². The number of amides is 1. The Hall–Kier alpha value is -4.34. The Bertz CT molecular complexity index is 2000. The number of benzene rings is 1. The third-order valence-electron chi connectivity index (χ3n) is 8.38. The number of ether oxygens (including phenoxy) is 3. The minimum absolute atomic E-state index is 0.0777. The molecule has 0 saturated heterocycles. The molecule has 0 saturated carbocycles. The van der Waals surface area contributed by atoms with Crippen LogP contribution in [0.15, 0.2) is 59.4 Å². The van der Waals surface area contributed by atoms with Crippen LogP contribution in [-0.4, -0.2) is 92.4 Å². The van der Waals surface area contributed by atoms with Crippen molar-refractivity contribution in [1.82, 2.24) is 24.6 Å². The maximum atomic E-state index is 14.6. The maximum Gasteiger partial charge on any atom is 0.410 e. The number of rotatable bonds is 13. The number of hydrogen-bond donors (Lipinski definition) is 0. The minimum atomic E-state index is -4.06. The Morgan fingerprint density at radius 1 is 1.08 bits per heavy atom. The number of aromatic nitrogens is 4. The molecule has 0 aliphatic carbocycles. The summed E-state index contributed by atoms with van der Waals surface area (Å²) >= 11 is 6.42. The highest BCUT2D eigenvalue weighted by Gasteiger charge is 2.34. The van der Waals surface area contributed by atoms with Crippen molar-refractivity contribution >= 4 is 47.3 Å². The molecule has 13 nitrogen and oxygen atoms in total. The van der Waals surface area contributed by atoms with Gasteiger partial charge in [-0.15, -0.1) is 10.2 Å². The second-order valence-electron chi connectivity index (χ2n) is 14.6. The van der Waals surface area contributed by atoms with Crippen LogP contribution in [0.1, 0.15) is 38.4 Å². The smallest absolute Gasteiger partial charge is 0.410 e. The van der Waals surface area contributed by atoms with E-state index in [4.69, 9.17) is 30.2 Å². The van der Waals surface area contributed by atoms with E-state index >= 15 is 0 Å². The number of carbonyl (C=O) groups is 1. The average molecular weight is 771 g/mol. The maximum absolute atomic E-state index is 14.6. The summed E-state index contributed by atoms with van der Waals surface area (Å²) in [6.45, 7) is 13.0. The predicted octanol–water partition coefficient (Wildman–Crippen LogP) is 7.33. The van der Waals surface area contributed by atoms with Gasteiger partial charge in [0.25, 0.3) is 0 Å². The van der Waals surface area contributed by atoms with Crippen molar-refractivity contribution < 1.29 is 31.8 Å². The van der Waals surface area contributed by atoms with Gasteiger partial charge in [-0.25, -0.2) is 17.5 Å². The standard InChI is InChI=1S/C36H47ClN6O7SSi/c1-36(2,3)50-35(44)41-17-14-25(15-18-41)27-23-26(37)24-38-28(27)16-21-51(45,46)42(19-22-52(6,7)8)34-40-39-33(31-13-10-20-49-31)43(34)32-29(47-4)11-9-12-30(32)48-5/h9-14,20,23-24H,15-19,21-22H2,1-8H3. The van der Waals surface area contributed by atoms with Crippen molar-refractivity contribution in [2.45, 2.75) is 64.9 Å². The van der Waals surface area contributed by atoms with Crippen molar-refractivity contribution in [3.8, 4) is 28.8 Å². The summed E-state index contributed by atoms with van der Waals surface area (Å²) in [5.41, 5.74) is 2.09. The van der Waals surface area contributed by atoms with Gasteiger partial charge in [0.05, 0.1) is 31.3 Å². The molecule has 52 heavy (non-hydrogen) atoms. The van der Waals surface area contributed by atoms with E-state index in [1.807, 2.05) is 26.8 Å². The lowest BCUT2D eigenvalue weighted by molar-refractivity contribution is 0.0270.